The van der Waals surface area contributed by atoms with Crippen molar-refractivity contribution < 1.29 is 19.0 Å². The van der Waals surface area contributed by atoms with E-state index in [2.05, 4.69) is 0 Å². The average Bonchev–Trinajstić information content (AvgIpc) is 2.46. The number of carboxylic acid groups (broad SMARTS) is 1. The normalized spacial score (nSPS) is 12.0. The van der Waals surface area contributed by atoms with E-state index in [0.717, 1.165) is 0 Å². The first-order chi connectivity index (χ1) is 10.5. The second-order valence-corrected chi connectivity index (χ2v) is 5.17. The molecule has 2 aromatic rings. The molecule has 0 heterocycles. The molecule has 2 rings (SSSR count). The molecule has 0 radical (unpaired) electrons. The largest absolute Gasteiger partial charge is 0.489 e. The minimum atomic E-state index is -0.956. The molecule has 0 saturated heterocycles. The molecule has 3 N–H and O–H groups in total. The highest BCUT2D eigenvalue weighted by Crippen LogP contribution is 2.23. The Balaban J connectivity index is 2.01. The summed E-state index contributed by atoms with van der Waals surface area (Å²) in [6, 6.07) is 10.6. The fourth-order valence-electron chi connectivity index (χ4n) is 1.94. The van der Waals surface area contributed by atoms with Gasteiger partial charge in [-0.3, -0.25) is 4.79 Å². The zero-order chi connectivity index (χ0) is 16.1. The fourth-order valence-corrected chi connectivity index (χ4v) is 2.16. The van der Waals surface area contributed by atoms with Crippen LogP contribution in [0.4, 0.5) is 4.39 Å². The van der Waals surface area contributed by atoms with Crippen molar-refractivity contribution in [2.75, 3.05) is 0 Å². The van der Waals surface area contributed by atoms with Gasteiger partial charge >= 0.3 is 5.97 Å². The van der Waals surface area contributed by atoms with Crippen LogP contribution >= 0.6 is 11.6 Å². The summed E-state index contributed by atoms with van der Waals surface area (Å²) in [6.45, 7) is 0.00598. The van der Waals surface area contributed by atoms with Crippen molar-refractivity contribution in [2.24, 2.45) is 5.73 Å². The second kappa shape index (κ2) is 7.24. The highest BCUT2D eigenvalue weighted by molar-refractivity contribution is 6.31. The van der Waals surface area contributed by atoms with E-state index in [1.165, 1.54) is 12.1 Å². The predicted octanol–water partition coefficient (Wildman–Crippen LogP) is 3.53. The highest BCUT2D eigenvalue weighted by Gasteiger charge is 2.11. The Hall–Kier alpha value is -2.11. The maximum atomic E-state index is 13.6. The van der Waals surface area contributed by atoms with Crippen LogP contribution in [0.1, 0.15) is 23.6 Å². The van der Waals surface area contributed by atoms with E-state index in [1.807, 2.05) is 0 Å². The summed E-state index contributed by atoms with van der Waals surface area (Å²) in [5.41, 5.74) is 6.74. The smallest absolute Gasteiger partial charge is 0.305 e. The molecule has 0 fully saturated rings. The molecule has 4 nitrogen and oxygen atoms in total. The Labute approximate surface area is 132 Å². The molecule has 22 heavy (non-hydrogen) atoms. The van der Waals surface area contributed by atoms with Crippen LogP contribution in [-0.2, 0) is 11.4 Å². The first kappa shape index (κ1) is 16.3. The van der Waals surface area contributed by atoms with Gasteiger partial charge in [-0.05, 0) is 29.8 Å². The lowest BCUT2D eigenvalue weighted by Crippen LogP contribution is -2.14. The first-order valence-electron chi connectivity index (χ1n) is 6.60. The molecule has 0 bridgehead atoms. The molecular weight excluding hydrogens is 309 g/mol. The molecule has 0 spiro atoms. The van der Waals surface area contributed by atoms with Gasteiger partial charge in [-0.15, -0.1) is 0 Å². The lowest BCUT2D eigenvalue weighted by Gasteiger charge is -2.12. The molecule has 2 aromatic carbocycles. The number of nitrogens with two attached hydrogens (primary N) is 1. The number of rotatable bonds is 6. The predicted molar refractivity (Wildman–Crippen MR) is 81.4 cm³/mol. The summed E-state index contributed by atoms with van der Waals surface area (Å²) in [5, 5.41) is 9.02. The Kier molecular flexibility index (Phi) is 5.35. The third-order valence-electron chi connectivity index (χ3n) is 3.15. The van der Waals surface area contributed by atoms with Crippen molar-refractivity contribution in [3.8, 4) is 5.75 Å². The Morgan fingerprint density at radius 1 is 1.27 bits per heavy atom. The number of ether oxygens (including phenoxy) is 1. The molecule has 0 aliphatic rings. The molecule has 6 heteroatoms. The number of aliphatic carboxylic acids is 1. The quantitative estimate of drug-likeness (QED) is 0.853. The van der Waals surface area contributed by atoms with Gasteiger partial charge < -0.3 is 15.6 Å². The summed E-state index contributed by atoms with van der Waals surface area (Å²) in [7, 11) is 0. The summed E-state index contributed by atoms with van der Waals surface area (Å²) in [5.74, 6) is -0.861. The van der Waals surface area contributed by atoms with E-state index in [9.17, 15) is 9.18 Å². The van der Waals surface area contributed by atoms with Crippen LogP contribution in [-0.4, -0.2) is 11.1 Å². The Bertz CT molecular complexity index is 641. The topological polar surface area (TPSA) is 72.6 Å². The molecule has 0 saturated carbocycles. The van der Waals surface area contributed by atoms with E-state index in [4.69, 9.17) is 27.2 Å². The molecule has 0 aliphatic heterocycles. The van der Waals surface area contributed by atoms with E-state index in [0.29, 0.717) is 16.3 Å². The van der Waals surface area contributed by atoms with E-state index in [1.54, 1.807) is 30.3 Å². The van der Waals surface area contributed by atoms with Crippen LogP contribution < -0.4 is 10.5 Å². The van der Waals surface area contributed by atoms with Gasteiger partial charge in [0, 0.05) is 11.6 Å². The minimum absolute atomic E-state index is 0.00598. The van der Waals surface area contributed by atoms with Gasteiger partial charge in [0.1, 0.15) is 18.2 Å². The minimum Gasteiger partial charge on any atom is -0.489 e. The first-order valence-corrected chi connectivity index (χ1v) is 6.98. The van der Waals surface area contributed by atoms with Crippen molar-refractivity contribution in [1.29, 1.82) is 0 Å². The molecular formula is C16H15ClFNO3. The Morgan fingerprint density at radius 2 is 1.95 bits per heavy atom. The molecule has 116 valence electrons. The molecule has 0 aliphatic carbocycles. The molecule has 0 amide bonds. The molecule has 0 aromatic heterocycles. The highest BCUT2D eigenvalue weighted by atomic mass is 35.5. The summed E-state index contributed by atoms with van der Waals surface area (Å²) in [4.78, 5) is 10.6. The zero-order valence-corrected chi connectivity index (χ0v) is 12.4. The molecule has 1 unspecified atom stereocenters. The maximum Gasteiger partial charge on any atom is 0.305 e. The average molecular weight is 324 g/mol. The van der Waals surface area contributed by atoms with Crippen LogP contribution in [0.5, 0.6) is 5.75 Å². The number of carboxylic acids is 1. The van der Waals surface area contributed by atoms with Gasteiger partial charge in [0.25, 0.3) is 0 Å². The lowest BCUT2D eigenvalue weighted by molar-refractivity contribution is -0.137. The standard InChI is InChI=1S/C16H15ClFNO3/c17-13-2-1-3-14(18)12(13)9-22-11-6-4-10(5-7-11)15(19)8-16(20)21/h1-7,15H,8-9,19H2,(H,20,21). The van der Waals surface area contributed by atoms with Crippen LogP contribution in [0.15, 0.2) is 42.5 Å². The monoisotopic (exact) mass is 323 g/mol. The fraction of sp³-hybridized carbons (Fsp3) is 0.188. The number of benzene rings is 2. The van der Waals surface area contributed by atoms with Crippen LogP contribution in [0.25, 0.3) is 0 Å². The summed E-state index contributed by atoms with van der Waals surface area (Å²) >= 11 is 5.92. The third kappa shape index (κ3) is 4.19. The SMILES string of the molecule is NC(CC(=O)O)c1ccc(OCc2c(F)cccc2Cl)cc1. The van der Waals surface area contributed by atoms with Gasteiger partial charge in [-0.2, -0.15) is 0 Å². The van der Waals surface area contributed by atoms with E-state index < -0.39 is 17.8 Å². The maximum absolute atomic E-state index is 13.6. The summed E-state index contributed by atoms with van der Waals surface area (Å²) < 4.78 is 19.1. The van der Waals surface area contributed by atoms with Crippen molar-refractivity contribution in [1.82, 2.24) is 0 Å². The number of carbonyl (C=O) groups is 1. The van der Waals surface area contributed by atoms with Crippen molar-refractivity contribution in [3.05, 3.63) is 64.4 Å². The van der Waals surface area contributed by atoms with Crippen LogP contribution in [0.2, 0.25) is 5.02 Å². The zero-order valence-electron chi connectivity index (χ0n) is 11.6. The van der Waals surface area contributed by atoms with E-state index >= 15 is 0 Å². The lowest BCUT2D eigenvalue weighted by atomic mass is 10.0. The van der Waals surface area contributed by atoms with Crippen LogP contribution in [0, 0.1) is 5.82 Å². The second-order valence-electron chi connectivity index (χ2n) is 4.76. The van der Waals surface area contributed by atoms with Crippen molar-refractivity contribution >= 4 is 17.6 Å². The summed E-state index contributed by atoms with van der Waals surface area (Å²) in [6.07, 6.45) is -0.148. The number of hydrogen-bond donors (Lipinski definition) is 2. The van der Waals surface area contributed by atoms with Gasteiger partial charge in [-0.25, -0.2) is 4.39 Å². The van der Waals surface area contributed by atoms with Gasteiger partial charge in [0.05, 0.1) is 11.4 Å². The number of hydrogen-bond acceptors (Lipinski definition) is 3. The van der Waals surface area contributed by atoms with Gasteiger partial charge in [-0.1, -0.05) is 29.8 Å². The molecule has 1 atom stereocenters. The third-order valence-corrected chi connectivity index (χ3v) is 3.50. The van der Waals surface area contributed by atoms with E-state index in [-0.39, 0.29) is 18.6 Å². The van der Waals surface area contributed by atoms with Crippen LogP contribution in [0.3, 0.4) is 0 Å². The number of halogens is 2. The van der Waals surface area contributed by atoms with Crippen molar-refractivity contribution in [3.63, 3.8) is 0 Å². The van der Waals surface area contributed by atoms with Gasteiger partial charge in [0.15, 0.2) is 0 Å². The van der Waals surface area contributed by atoms with Gasteiger partial charge in [0.2, 0.25) is 0 Å². The Morgan fingerprint density at radius 3 is 2.55 bits per heavy atom. The van der Waals surface area contributed by atoms with Crippen molar-refractivity contribution in [2.45, 2.75) is 19.1 Å².